The van der Waals surface area contributed by atoms with Gasteiger partial charge in [-0.2, -0.15) is 0 Å². The van der Waals surface area contributed by atoms with Crippen LogP contribution in [-0.4, -0.2) is 22.8 Å². The predicted octanol–water partition coefficient (Wildman–Crippen LogP) is 1.71. The van der Waals surface area contributed by atoms with Crippen molar-refractivity contribution in [3.05, 3.63) is 33.3 Å². The molecule has 1 aromatic carbocycles. The molecule has 0 aliphatic heterocycles. The van der Waals surface area contributed by atoms with Crippen LogP contribution in [0.4, 0.5) is 11.4 Å². The first-order valence-electron chi connectivity index (χ1n) is 5.37. The Kier molecular flexibility index (Phi) is 4.82. The number of carbonyl (C=O) groups is 2. The number of nitrogens with one attached hydrogen (secondary N) is 2. The van der Waals surface area contributed by atoms with Crippen molar-refractivity contribution in [3.63, 3.8) is 0 Å². The Morgan fingerprint density at radius 1 is 1.32 bits per heavy atom. The van der Waals surface area contributed by atoms with Crippen LogP contribution in [0, 0.1) is 10.1 Å². The number of non-ortho nitro benzene ring substituents is 1. The zero-order valence-electron chi connectivity index (χ0n) is 10.3. The summed E-state index contributed by atoms with van der Waals surface area (Å²) in [6.07, 6.45) is 0. The van der Waals surface area contributed by atoms with E-state index in [9.17, 15) is 19.7 Å². The molecule has 2 amide bonds. The minimum absolute atomic E-state index is 0.0140. The normalized spacial score (nSPS) is 10.1. The average molecular weight is 286 g/mol. The standard InChI is InChI=1S/C11H12ClN3O4/c1-6(2)13-10(16)11(17)14-9-4-3-7(15(18)19)5-8(9)12/h3-6H,1-2H3,(H,13,16)(H,14,17). The lowest BCUT2D eigenvalue weighted by atomic mass is 10.2. The van der Waals surface area contributed by atoms with Crippen LogP contribution in [0.5, 0.6) is 0 Å². The van der Waals surface area contributed by atoms with E-state index in [0.29, 0.717) is 0 Å². The van der Waals surface area contributed by atoms with Crippen molar-refractivity contribution in [2.24, 2.45) is 0 Å². The zero-order valence-corrected chi connectivity index (χ0v) is 11.0. The van der Waals surface area contributed by atoms with Crippen LogP contribution < -0.4 is 10.6 Å². The first-order valence-corrected chi connectivity index (χ1v) is 5.75. The number of carbonyl (C=O) groups excluding carboxylic acids is 2. The van der Waals surface area contributed by atoms with E-state index in [1.165, 1.54) is 12.1 Å². The van der Waals surface area contributed by atoms with Gasteiger partial charge in [-0.1, -0.05) is 11.6 Å². The SMILES string of the molecule is CC(C)NC(=O)C(=O)Nc1ccc([N+](=O)[O-])cc1Cl. The van der Waals surface area contributed by atoms with Gasteiger partial charge in [0, 0.05) is 18.2 Å². The number of hydrogen-bond acceptors (Lipinski definition) is 4. The summed E-state index contributed by atoms with van der Waals surface area (Å²) >= 11 is 5.78. The first-order chi connectivity index (χ1) is 8.81. The minimum atomic E-state index is -0.885. The molecule has 0 radical (unpaired) electrons. The number of benzene rings is 1. The third-order valence-electron chi connectivity index (χ3n) is 2.04. The van der Waals surface area contributed by atoms with Crippen molar-refractivity contribution in [3.8, 4) is 0 Å². The van der Waals surface area contributed by atoms with E-state index in [0.717, 1.165) is 6.07 Å². The highest BCUT2D eigenvalue weighted by atomic mass is 35.5. The number of halogens is 1. The summed E-state index contributed by atoms with van der Waals surface area (Å²) in [5, 5.41) is 15.2. The molecule has 2 N–H and O–H groups in total. The Morgan fingerprint density at radius 3 is 2.42 bits per heavy atom. The second-order valence-corrected chi connectivity index (χ2v) is 4.41. The second-order valence-electron chi connectivity index (χ2n) is 4.00. The van der Waals surface area contributed by atoms with E-state index < -0.39 is 16.7 Å². The van der Waals surface area contributed by atoms with Crippen molar-refractivity contribution in [2.75, 3.05) is 5.32 Å². The van der Waals surface area contributed by atoms with Gasteiger partial charge < -0.3 is 10.6 Å². The lowest BCUT2D eigenvalue weighted by molar-refractivity contribution is -0.384. The van der Waals surface area contributed by atoms with E-state index in [2.05, 4.69) is 10.6 Å². The topological polar surface area (TPSA) is 101 Å². The molecular formula is C11H12ClN3O4. The largest absolute Gasteiger partial charge is 0.346 e. The predicted molar refractivity (Wildman–Crippen MR) is 70.0 cm³/mol. The van der Waals surface area contributed by atoms with Gasteiger partial charge in [0.1, 0.15) is 0 Å². The van der Waals surface area contributed by atoms with Crippen molar-refractivity contribution in [1.29, 1.82) is 0 Å². The molecule has 0 saturated carbocycles. The maximum atomic E-state index is 11.5. The van der Waals surface area contributed by atoms with Crippen molar-refractivity contribution in [1.82, 2.24) is 5.32 Å². The van der Waals surface area contributed by atoms with Crippen LogP contribution in [0.3, 0.4) is 0 Å². The maximum absolute atomic E-state index is 11.5. The quantitative estimate of drug-likeness (QED) is 0.501. The van der Waals surface area contributed by atoms with Crippen molar-refractivity contribution >= 4 is 34.8 Å². The van der Waals surface area contributed by atoms with Gasteiger partial charge in [-0.05, 0) is 19.9 Å². The Bertz CT molecular complexity index is 531. The number of nitro groups is 1. The Morgan fingerprint density at radius 2 is 1.95 bits per heavy atom. The van der Waals surface area contributed by atoms with E-state index >= 15 is 0 Å². The number of hydrogen-bond donors (Lipinski definition) is 2. The second kappa shape index (κ2) is 6.14. The Hall–Kier alpha value is -2.15. The van der Waals surface area contributed by atoms with Gasteiger partial charge in [-0.25, -0.2) is 0 Å². The minimum Gasteiger partial charge on any atom is -0.346 e. The molecule has 0 aromatic heterocycles. The maximum Gasteiger partial charge on any atom is 0.313 e. The first kappa shape index (κ1) is 14.9. The monoisotopic (exact) mass is 285 g/mol. The van der Waals surface area contributed by atoms with E-state index in [4.69, 9.17) is 11.6 Å². The van der Waals surface area contributed by atoms with Crippen molar-refractivity contribution < 1.29 is 14.5 Å². The van der Waals surface area contributed by atoms with Crippen LogP contribution in [-0.2, 0) is 9.59 Å². The number of rotatable bonds is 3. The highest BCUT2D eigenvalue weighted by molar-refractivity contribution is 6.41. The van der Waals surface area contributed by atoms with Gasteiger partial charge in [0.15, 0.2) is 0 Å². The van der Waals surface area contributed by atoms with Crippen LogP contribution in [0.25, 0.3) is 0 Å². The molecule has 7 nitrogen and oxygen atoms in total. The van der Waals surface area contributed by atoms with Crippen molar-refractivity contribution in [2.45, 2.75) is 19.9 Å². The molecule has 0 aliphatic carbocycles. The molecule has 0 saturated heterocycles. The fourth-order valence-corrected chi connectivity index (χ4v) is 1.45. The molecule has 0 bridgehead atoms. The molecule has 1 rings (SSSR count). The molecule has 1 aromatic rings. The number of anilines is 1. The fourth-order valence-electron chi connectivity index (χ4n) is 1.23. The number of amides is 2. The fraction of sp³-hybridized carbons (Fsp3) is 0.273. The van der Waals surface area contributed by atoms with Crippen LogP contribution in [0.15, 0.2) is 18.2 Å². The molecule has 0 atom stereocenters. The Balaban J connectivity index is 2.80. The average Bonchev–Trinajstić information content (AvgIpc) is 2.30. The lowest BCUT2D eigenvalue weighted by Gasteiger charge is -2.09. The van der Waals surface area contributed by atoms with Gasteiger partial charge in [0.05, 0.1) is 15.6 Å². The number of nitro benzene ring substituents is 1. The van der Waals surface area contributed by atoms with Gasteiger partial charge in [0.2, 0.25) is 0 Å². The zero-order chi connectivity index (χ0) is 14.6. The summed E-state index contributed by atoms with van der Waals surface area (Å²) in [7, 11) is 0. The van der Waals surface area contributed by atoms with Gasteiger partial charge >= 0.3 is 11.8 Å². The summed E-state index contributed by atoms with van der Waals surface area (Å²) in [6.45, 7) is 3.42. The smallest absolute Gasteiger partial charge is 0.313 e. The molecule has 0 heterocycles. The van der Waals surface area contributed by atoms with Crippen LogP contribution >= 0.6 is 11.6 Å². The summed E-state index contributed by atoms with van der Waals surface area (Å²) in [6, 6.07) is 3.37. The van der Waals surface area contributed by atoms with E-state index in [-0.39, 0.29) is 22.4 Å². The van der Waals surface area contributed by atoms with E-state index in [1.54, 1.807) is 13.8 Å². The highest BCUT2D eigenvalue weighted by Gasteiger charge is 2.17. The van der Waals surface area contributed by atoms with E-state index in [1.807, 2.05) is 0 Å². The van der Waals surface area contributed by atoms with Gasteiger partial charge in [-0.3, -0.25) is 19.7 Å². The molecule has 102 valence electrons. The molecule has 19 heavy (non-hydrogen) atoms. The Labute approximate surface area is 114 Å². The van der Waals surface area contributed by atoms with Gasteiger partial charge in [0.25, 0.3) is 5.69 Å². The summed E-state index contributed by atoms with van der Waals surface area (Å²) < 4.78 is 0. The summed E-state index contributed by atoms with van der Waals surface area (Å²) in [4.78, 5) is 32.8. The third-order valence-corrected chi connectivity index (χ3v) is 2.35. The molecule has 0 spiro atoms. The third kappa shape index (κ3) is 4.22. The van der Waals surface area contributed by atoms with Crippen LogP contribution in [0.2, 0.25) is 5.02 Å². The number of nitrogens with zero attached hydrogens (tertiary/aromatic N) is 1. The highest BCUT2D eigenvalue weighted by Crippen LogP contribution is 2.26. The van der Waals surface area contributed by atoms with Crippen LogP contribution in [0.1, 0.15) is 13.8 Å². The summed E-state index contributed by atoms with van der Waals surface area (Å²) in [5.74, 6) is -1.69. The molecular weight excluding hydrogens is 274 g/mol. The molecule has 0 fully saturated rings. The molecule has 0 aliphatic rings. The van der Waals surface area contributed by atoms with Gasteiger partial charge in [-0.15, -0.1) is 0 Å². The lowest BCUT2D eigenvalue weighted by Crippen LogP contribution is -2.39. The molecule has 0 unspecified atom stereocenters. The molecule has 8 heteroatoms. The summed E-state index contributed by atoms with van der Waals surface area (Å²) in [5.41, 5.74) is -0.0641.